The van der Waals surface area contributed by atoms with E-state index < -0.39 is 0 Å². The molecule has 1 fully saturated rings. The maximum Gasteiger partial charge on any atom is 0.235 e. The molecule has 0 spiro atoms. The fourth-order valence-electron chi connectivity index (χ4n) is 2.23. The maximum absolute atomic E-state index is 10.3. The number of hydrogen-bond donors (Lipinski definition) is 0. The van der Waals surface area contributed by atoms with Crippen LogP contribution in [-0.4, -0.2) is 24.7 Å². The minimum atomic E-state index is -0.0000926. The SMILES string of the molecule is O=C=NCCC(N=C=O)C1CCCCC1. The van der Waals surface area contributed by atoms with Gasteiger partial charge in [-0.15, -0.1) is 0 Å². The average Bonchev–Trinajstić information content (AvgIpc) is 2.29. The summed E-state index contributed by atoms with van der Waals surface area (Å²) >= 11 is 0. The molecule has 1 rings (SSSR count). The van der Waals surface area contributed by atoms with Crippen LogP contribution in [0.2, 0.25) is 0 Å². The predicted octanol–water partition coefficient (Wildman–Crippen LogP) is 2.00. The first-order valence-corrected chi connectivity index (χ1v) is 5.49. The lowest BCUT2D eigenvalue weighted by Gasteiger charge is -2.26. The zero-order valence-electron chi connectivity index (χ0n) is 8.82. The number of rotatable bonds is 5. The molecule has 0 saturated heterocycles. The third-order valence-electron chi connectivity index (χ3n) is 3.01. The summed E-state index contributed by atoms with van der Waals surface area (Å²) in [6.45, 7) is 0.413. The van der Waals surface area contributed by atoms with Crippen molar-refractivity contribution in [1.29, 1.82) is 0 Å². The fourth-order valence-corrected chi connectivity index (χ4v) is 2.23. The zero-order chi connectivity index (χ0) is 10.9. The molecule has 1 saturated carbocycles. The van der Waals surface area contributed by atoms with Crippen LogP contribution in [0.4, 0.5) is 0 Å². The first kappa shape index (κ1) is 11.8. The normalized spacial score (nSPS) is 18.7. The van der Waals surface area contributed by atoms with Crippen LogP contribution in [0.3, 0.4) is 0 Å². The molecule has 15 heavy (non-hydrogen) atoms. The lowest BCUT2D eigenvalue weighted by atomic mass is 9.83. The van der Waals surface area contributed by atoms with Crippen LogP contribution >= 0.6 is 0 Å². The van der Waals surface area contributed by atoms with Crippen LogP contribution in [0.15, 0.2) is 9.98 Å². The summed E-state index contributed by atoms with van der Waals surface area (Å²) in [5.41, 5.74) is 0. The van der Waals surface area contributed by atoms with Crippen LogP contribution in [0.5, 0.6) is 0 Å². The van der Waals surface area contributed by atoms with Gasteiger partial charge in [0.05, 0.1) is 12.6 Å². The van der Waals surface area contributed by atoms with Gasteiger partial charge in [-0.25, -0.2) is 19.6 Å². The largest absolute Gasteiger partial charge is 0.235 e. The number of aliphatic imine (C=N–C) groups is 2. The summed E-state index contributed by atoms with van der Waals surface area (Å²) in [6, 6.07) is -0.0000926. The third-order valence-corrected chi connectivity index (χ3v) is 3.01. The van der Waals surface area contributed by atoms with Crippen molar-refractivity contribution in [1.82, 2.24) is 0 Å². The molecule has 1 aliphatic rings. The van der Waals surface area contributed by atoms with Crippen molar-refractivity contribution < 1.29 is 9.59 Å². The summed E-state index contributed by atoms with van der Waals surface area (Å²) in [5.74, 6) is 0.474. The quantitative estimate of drug-likeness (QED) is 0.512. The molecular weight excluding hydrogens is 192 g/mol. The Labute approximate surface area is 89.5 Å². The molecule has 82 valence electrons. The van der Waals surface area contributed by atoms with E-state index in [0.717, 1.165) is 12.8 Å². The van der Waals surface area contributed by atoms with Crippen molar-refractivity contribution >= 4 is 12.2 Å². The highest BCUT2D eigenvalue weighted by atomic mass is 16.1. The molecule has 0 radical (unpaired) electrons. The predicted molar refractivity (Wildman–Crippen MR) is 56.1 cm³/mol. The zero-order valence-corrected chi connectivity index (χ0v) is 8.82. The van der Waals surface area contributed by atoms with Crippen molar-refractivity contribution in [3.8, 4) is 0 Å². The first-order chi connectivity index (χ1) is 7.38. The van der Waals surface area contributed by atoms with E-state index in [1.54, 1.807) is 6.08 Å². The van der Waals surface area contributed by atoms with Crippen LogP contribution in [0.1, 0.15) is 38.5 Å². The van der Waals surface area contributed by atoms with E-state index in [1.807, 2.05) is 0 Å². The summed E-state index contributed by atoms with van der Waals surface area (Å²) in [7, 11) is 0. The number of isocyanates is 2. The number of nitrogens with zero attached hydrogens (tertiary/aromatic N) is 2. The molecule has 0 aromatic rings. The highest BCUT2D eigenvalue weighted by Crippen LogP contribution is 2.29. The van der Waals surface area contributed by atoms with Gasteiger partial charge in [0, 0.05) is 0 Å². The van der Waals surface area contributed by atoms with Crippen molar-refractivity contribution in [2.24, 2.45) is 15.9 Å². The van der Waals surface area contributed by atoms with Crippen LogP contribution in [0.25, 0.3) is 0 Å². The van der Waals surface area contributed by atoms with Crippen molar-refractivity contribution in [2.45, 2.75) is 44.6 Å². The fraction of sp³-hybridized carbons (Fsp3) is 0.818. The van der Waals surface area contributed by atoms with Gasteiger partial charge in [0.15, 0.2) is 0 Å². The van der Waals surface area contributed by atoms with Gasteiger partial charge in [-0.1, -0.05) is 19.3 Å². The van der Waals surface area contributed by atoms with E-state index in [9.17, 15) is 9.59 Å². The molecule has 0 aliphatic heterocycles. The maximum atomic E-state index is 10.3. The van der Waals surface area contributed by atoms with Gasteiger partial charge in [-0.05, 0) is 25.2 Å². The monoisotopic (exact) mass is 208 g/mol. The molecule has 0 bridgehead atoms. The topological polar surface area (TPSA) is 58.9 Å². The van der Waals surface area contributed by atoms with E-state index in [4.69, 9.17) is 0 Å². The Morgan fingerprint density at radius 1 is 1.13 bits per heavy atom. The highest BCUT2D eigenvalue weighted by molar-refractivity contribution is 5.34. The Bertz CT molecular complexity index is 272. The summed E-state index contributed by atoms with van der Waals surface area (Å²) in [6.07, 6.45) is 9.75. The Kier molecular flexibility index (Phi) is 5.60. The van der Waals surface area contributed by atoms with E-state index in [0.29, 0.717) is 18.9 Å². The molecular formula is C11H16N2O2. The standard InChI is InChI=1S/C11H16N2O2/c14-8-12-7-6-11(13-9-15)10-4-2-1-3-5-10/h10-11H,1-7H2. The van der Waals surface area contributed by atoms with Crippen molar-refractivity contribution in [3.63, 3.8) is 0 Å². The second kappa shape index (κ2) is 7.10. The summed E-state index contributed by atoms with van der Waals surface area (Å²) < 4.78 is 0. The van der Waals surface area contributed by atoms with Crippen molar-refractivity contribution in [3.05, 3.63) is 0 Å². The lowest BCUT2D eigenvalue weighted by molar-refractivity contribution is 0.298. The molecule has 0 N–H and O–H groups in total. The minimum Gasteiger partial charge on any atom is -0.211 e. The van der Waals surface area contributed by atoms with E-state index in [2.05, 4.69) is 9.98 Å². The van der Waals surface area contributed by atoms with Gasteiger partial charge in [0.25, 0.3) is 0 Å². The Morgan fingerprint density at radius 3 is 2.47 bits per heavy atom. The van der Waals surface area contributed by atoms with E-state index >= 15 is 0 Å². The molecule has 0 amide bonds. The number of hydrogen-bond acceptors (Lipinski definition) is 4. The van der Waals surface area contributed by atoms with Gasteiger partial charge in [0.1, 0.15) is 0 Å². The Morgan fingerprint density at radius 2 is 1.87 bits per heavy atom. The Hall–Kier alpha value is -1.24. The molecule has 4 nitrogen and oxygen atoms in total. The van der Waals surface area contributed by atoms with Gasteiger partial charge in [-0.2, -0.15) is 0 Å². The molecule has 1 aliphatic carbocycles. The smallest absolute Gasteiger partial charge is 0.211 e. The van der Waals surface area contributed by atoms with Gasteiger partial charge in [0.2, 0.25) is 12.2 Å². The van der Waals surface area contributed by atoms with Crippen LogP contribution in [-0.2, 0) is 9.59 Å². The molecule has 0 aromatic carbocycles. The molecule has 1 atom stereocenters. The second-order valence-corrected chi connectivity index (χ2v) is 3.95. The first-order valence-electron chi connectivity index (χ1n) is 5.49. The molecule has 4 heteroatoms. The molecule has 1 unspecified atom stereocenters. The lowest BCUT2D eigenvalue weighted by Crippen LogP contribution is -2.22. The molecule has 0 aromatic heterocycles. The van der Waals surface area contributed by atoms with Gasteiger partial charge in [-0.3, -0.25) is 0 Å². The Balaban J connectivity index is 2.47. The third kappa shape index (κ3) is 4.20. The summed E-state index contributed by atoms with van der Waals surface area (Å²) in [5, 5.41) is 0. The van der Waals surface area contributed by atoms with Crippen LogP contribution in [0, 0.1) is 5.92 Å². The van der Waals surface area contributed by atoms with E-state index in [1.165, 1.54) is 25.3 Å². The van der Waals surface area contributed by atoms with Gasteiger partial charge < -0.3 is 0 Å². The number of carbonyl (C=O) groups excluding carboxylic acids is 2. The second-order valence-electron chi connectivity index (χ2n) is 3.95. The summed E-state index contributed by atoms with van der Waals surface area (Å²) in [4.78, 5) is 27.5. The van der Waals surface area contributed by atoms with E-state index in [-0.39, 0.29) is 6.04 Å². The average molecular weight is 208 g/mol. The highest BCUT2D eigenvalue weighted by Gasteiger charge is 2.22. The van der Waals surface area contributed by atoms with Crippen molar-refractivity contribution in [2.75, 3.05) is 6.54 Å². The molecule has 0 heterocycles. The minimum absolute atomic E-state index is 0.0000926. The van der Waals surface area contributed by atoms with Crippen LogP contribution < -0.4 is 0 Å². The van der Waals surface area contributed by atoms with Gasteiger partial charge >= 0.3 is 0 Å².